The molecule has 1 aromatic rings. The van der Waals surface area contributed by atoms with Gasteiger partial charge in [0.25, 0.3) is 0 Å². The van der Waals surface area contributed by atoms with Crippen LogP contribution in [0.5, 0.6) is 0 Å². The van der Waals surface area contributed by atoms with Crippen molar-refractivity contribution in [2.45, 2.75) is 32.1 Å². The van der Waals surface area contributed by atoms with Gasteiger partial charge >= 0.3 is 0 Å². The third-order valence-electron chi connectivity index (χ3n) is 4.33. The van der Waals surface area contributed by atoms with Crippen LogP contribution in [-0.2, 0) is 11.2 Å². The standard InChI is InChI=1S/C16H22N2OS/c17-14-4-3-13-2-1-7-18(15(13)11-14)16(19)10-12-5-8-20-9-6-12/h3-4,11-12H,1-2,5-10,17H2. The van der Waals surface area contributed by atoms with Crippen molar-refractivity contribution in [2.75, 3.05) is 28.7 Å². The van der Waals surface area contributed by atoms with Gasteiger partial charge in [-0.3, -0.25) is 4.79 Å². The van der Waals surface area contributed by atoms with Gasteiger partial charge in [0, 0.05) is 24.3 Å². The van der Waals surface area contributed by atoms with Crippen molar-refractivity contribution < 1.29 is 4.79 Å². The second kappa shape index (κ2) is 6.08. The number of benzene rings is 1. The Morgan fingerprint density at radius 2 is 2.15 bits per heavy atom. The summed E-state index contributed by atoms with van der Waals surface area (Å²) in [5.41, 5.74) is 8.95. The summed E-state index contributed by atoms with van der Waals surface area (Å²) in [5, 5.41) is 0. The predicted molar refractivity (Wildman–Crippen MR) is 86.2 cm³/mol. The highest BCUT2D eigenvalue weighted by atomic mass is 32.2. The fourth-order valence-corrected chi connectivity index (χ4v) is 4.36. The molecule has 0 bridgehead atoms. The number of nitrogen functional groups attached to an aromatic ring is 1. The van der Waals surface area contributed by atoms with E-state index >= 15 is 0 Å². The lowest BCUT2D eigenvalue weighted by atomic mass is 9.96. The van der Waals surface area contributed by atoms with Crippen molar-refractivity contribution in [2.24, 2.45) is 5.92 Å². The molecule has 1 aromatic carbocycles. The molecule has 1 saturated heterocycles. The highest BCUT2D eigenvalue weighted by molar-refractivity contribution is 7.99. The normalized spacial score (nSPS) is 19.7. The number of fused-ring (bicyclic) bond motifs is 1. The maximum absolute atomic E-state index is 12.6. The summed E-state index contributed by atoms with van der Waals surface area (Å²) in [6.45, 7) is 0.844. The quantitative estimate of drug-likeness (QED) is 0.851. The minimum Gasteiger partial charge on any atom is -0.399 e. The van der Waals surface area contributed by atoms with Crippen LogP contribution in [0.15, 0.2) is 18.2 Å². The average molecular weight is 290 g/mol. The van der Waals surface area contributed by atoms with Crippen LogP contribution in [0.3, 0.4) is 0 Å². The molecular weight excluding hydrogens is 268 g/mol. The molecule has 2 aliphatic rings. The van der Waals surface area contributed by atoms with E-state index in [4.69, 9.17) is 5.73 Å². The Morgan fingerprint density at radius 1 is 1.35 bits per heavy atom. The van der Waals surface area contributed by atoms with E-state index in [9.17, 15) is 4.79 Å². The number of hydrogen-bond acceptors (Lipinski definition) is 3. The highest BCUT2D eigenvalue weighted by Crippen LogP contribution is 2.32. The smallest absolute Gasteiger partial charge is 0.227 e. The molecule has 0 radical (unpaired) electrons. The first-order valence-corrected chi connectivity index (χ1v) is 8.66. The topological polar surface area (TPSA) is 46.3 Å². The van der Waals surface area contributed by atoms with Gasteiger partial charge in [-0.15, -0.1) is 0 Å². The van der Waals surface area contributed by atoms with Gasteiger partial charge in [0.15, 0.2) is 0 Å². The molecule has 20 heavy (non-hydrogen) atoms. The third kappa shape index (κ3) is 2.95. The molecule has 0 spiro atoms. The van der Waals surface area contributed by atoms with Crippen LogP contribution in [0, 0.1) is 5.92 Å². The summed E-state index contributed by atoms with van der Waals surface area (Å²) in [5.74, 6) is 3.28. The van der Waals surface area contributed by atoms with E-state index in [-0.39, 0.29) is 5.91 Å². The third-order valence-corrected chi connectivity index (χ3v) is 5.38. The molecular formula is C16H22N2OS. The molecule has 0 aliphatic carbocycles. The van der Waals surface area contributed by atoms with Gasteiger partial charge in [-0.1, -0.05) is 6.07 Å². The summed E-state index contributed by atoms with van der Waals surface area (Å²) in [6, 6.07) is 5.97. The first kappa shape index (κ1) is 13.8. The number of thioether (sulfide) groups is 1. The van der Waals surface area contributed by atoms with Crippen molar-refractivity contribution in [3.8, 4) is 0 Å². The maximum atomic E-state index is 12.6. The van der Waals surface area contributed by atoms with E-state index < -0.39 is 0 Å². The molecule has 0 saturated carbocycles. The summed E-state index contributed by atoms with van der Waals surface area (Å²) in [4.78, 5) is 14.6. The van der Waals surface area contributed by atoms with Crippen LogP contribution in [0.25, 0.3) is 0 Å². The second-order valence-corrected chi connectivity index (χ2v) is 7.02. The van der Waals surface area contributed by atoms with Gasteiger partial charge in [0.1, 0.15) is 0 Å². The number of rotatable bonds is 2. The molecule has 2 heterocycles. The monoisotopic (exact) mass is 290 g/mol. The van der Waals surface area contributed by atoms with Crippen LogP contribution in [0.4, 0.5) is 11.4 Å². The number of anilines is 2. The van der Waals surface area contributed by atoms with Gasteiger partial charge in [0.2, 0.25) is 5.91 Å². The molecule has 0 unspecified atom stereocenters. The molecule has 1 fully saturated rings. The van der Waals surface area contributed by atoms with Gasteiger partial charge in [0.05, 0.1) is 0 Å². The summed E-state index contributed by atoms with van der Waals surface area (Å²) < 4.78 is 0. The molecule has 108 valence electrons. The minimum atomic E-state index is 0.286. The van der Waals surface area contributed by atoms with E-state index in [0.717, 1.165) is 30.8 Å². The SMILES string of the molecule is Nc1ccc2c(c1)N(C(=O)CC1CCSCC1)CCC2. The number of nitrogens with zero attached hydrogens (tertiary/aromatic N) is 1. The van der Waals surface area contributed by atoms with Crippen LogP contribution >= 0.6 is 11.8 Å². The van der Waals surface area contributed by atoms with E-state index in [1.54, 1.807) is 0 Å². The molecule has 2 N–H and O–H groups in total. The van der Waals surface area contributed by atoms with Crippen molar-refractivity contribution in [1.29, 1.82) is 0 Å². The van der Waals surface area contributed by atoms with Gasteiger partial charge < -0.3 is 10.6 Å². The summed E-state index contributed by atoms with van der Waals surface area (Å²) >= 11 is 2.01. The molecule has 1 amide bonds. The number of amides is 1. The molecule has 3 rings (SSSR count). The molecule has 4 heteroatoms. The zero-order valence-corrected chi connectivity index (χ0v) is 12.6. The van der Waals surface area contributed by atoms with Crippen LogP contribution < -0.4 is 10.6 Å². The molecule has 0 atom stereocenters. The summed E-state index contributed by atoms with van der Waals surface area (Å²) in [6.07, 6.45) is 5.19. The lowest BCUT2D eigenvalue weighted by Gasteiger charge is -2.31. The Labute approximate surface area is 124 Å². The van der Waals surface area contributed by atoms with Crippen molar-refractivity contribution in [3.63, 3.8) is 0 Å². The van der Waals surface area contributed by atoms with E-state index in [1.165, 1.54) is 29.9 Å². The number of hydrogen-bond donors (Lipinski definition) is 1. The zero-order chi connectivity index (χ0) is 13.9. The zero-order valence-electron chi connectivity index (χ0n) is 11.8. The lowest BCUT2D eigenvalue weighted by Crippen LogP contribution is -2.36. The second-order valence-electron chi connectivity index (χ2n) is 5.80. The largest absolute Gasteiger partial charge is 0.399 e. The number of nitrogens with two attached hydrogens (primary N) is 1. The van der Waals surface area contributed by atoms with Crippen molar-refractivity contribution >= 4 is 29.0 Å². The molecule has 3 nitrogen and oxygen atoms in total. The number of carbonyl (C=O) groups excluding carboxylic acids is 1. The van der Waals surface area contributed by atoms with Crippen LogP contribution in [0.1, 0.15) is 31.2 Å². The van der Waals surface area contributed by atoms with Gasteiger partial charge in [-0.2, -0.15) is 11.8 Å². The highest BCUT2D eigenvalue weighted by Gasteiger charge is 2.25. The summed E-state index contributed by atoms with van der Waals surface area (Å²) in [7, 11) is 0. The average Bonchev–Trinajstić information content (AvgIpc) is 2.47. The van der Waals surface area contributed by atoms with Crippen LogP contribution in [-0.4, -0.2) is 24.0 Å². The molecule has 0 aromatic heterocycles. The van der Waals surface area contributed by atoms with Crippen LogP contribution in [0.2, 0.25) is 0 Å². The van der Waals surface area contributed by atoms with E-state index in [1.807, 2.05) is 28.8 Å². The Bertz CT molecular complexity index is 497. The number of aryl methyl sites for hydroxylation is 1. The van der Waals surface area contributed by atoms with E-state index in [2.05, 4.69) is 6.07 Å². The van der Waals surface area contributed by atoms with E-state index in [0.29, 0.717) is 12.3 Å². The number of carbonyl (C=O) groups is 1. The lowest BCUT2D eigenvalue weighted by molar-refractivity contribution is -0.119. The fraction of sp³-hybridized carbons (Fsp3) is 0.562. The van der Waals surface area contributed by atoms with Gasteiger partial charge in [-0.05, 0) is 60.8 Å². The van der Waals surface area contributed by atoms with Crippen molar-refractivity contribution in [1.82, 2.24) is 0 Å². The predicted octanol–water partition coefficient (Wildman–Crippen LogP) is 3.08. The first-order chi connectivity index (χ1) is 9.74. The van der Waals surface area contributed by atoms with Crippen molar-refractivity contribution in [3.05, 3.63) is 23.8 Å². The van der Waals surface area contributed by atoms with Gasteiger partial charge in [-0.25, -0.2) is 0 Å². The molecule has 2 aliphatic heterocycles. The Hall–Kier alpha value is -1.16. The Balaban J connectivity index is 1.74. The Morgan fingerprint density at radius 3 is 2.95 bits per heavy atom. The minimum absolute atomic E-state index is 0.286. The maximum Gasteiger partial charge on any atom is 0.227 e. The first-order valence-electron chi connectivity index (χ1n) is 7.50. The fourth-order valence-electron chi connectivity index (χ4n) is 3.16. The Kier molecular flexibility index (Phi) is 4.20.